The van der Waals surface area contributed by atoms with Crippen LogP contribution >= 0.6 is 0 Å². The average molecular weight is 328 g/mol. The first kappa shape index (κ1) is 17.0. The van der Waals surface area contributed by atoms with Gasteiger partial charge in [-0.1, -0.05) is 6.07 Å². The molecule has 2 aromatic heterocycles. The topological polar surface area (TPSA) is 75.2 Å². The number of alkyl halides is 3. The van der Waals surface area contributed by atoms with Gasteiger partial charge in [-0.15, -0.1) is 0 Å². The lowest BCUT2D eigenvalue weighted by molar-refractivity contribution is -0.141. The Morgan fingerprint density at radius 3 is 2.65 bits per heavy atom. The smallest absolute Gasteiger partial charge is 0.433 e. The third-order valence-electron chi connectivity index (χ3n) is 3.35. The second-order valence-corrected chi connectivity index (χ2v) is 4.84. The number of carbonyl (C=O) groups excluding carboxylic acids is 1. The van der Waals surface area contributed by atoms with Gasteiger partial charge in [-0.3, -0.25) is 4.98 Å². The van der Waals surface area contributed by atoms with Crippen molar-refractivity contribution in [3.63, 3.8) is 0 Å². The van der Waals surface area contributed by atoms with Gasteiger partial charge in [0.2, 0.25) is 0 Å². The number of aromatic nitrogens is 2. The molecule has 0 radical (unpaired) electrons. The van der Waals surface area contributed by atoms with Crippen molar-refractivity contribution in [3.05, 3.63) is 52.6 Å². The molecular weight excluding hydrogens is 313 g/mol. The summed E-state index contributed by atoms with van der Waals surface area (Å²) in [5.74, 6) is -0.561. The number of aromatic amines is 1. The molecule has 5 nitrogen and oxygen atoms in total. The van der Waals surface area contributed by atoms with E-state index < -0.39 is 23.9 Å². The van der Waals surface area contributed by atoms with E-state index in [4.69, 9.17) is 4.74 Å². The second kappa shape index (κ2) is 6.41. The van der Waals surface area contributed by atoms with Crippen molar-refractivity contribution in [2.75, 3.05) is 6.61 Å². The van der Waals surface area contributed by atoms with Crippen LogP contribution in [0, 0.1) is 6.92 Å². The van der Waals surface area contributed by atoms with Crippen LogP contribution in [0.3, 0.4) is 0 Å². The molecule has 2 rings (SSSR count). The van der Waals surface area contributed by atoms with Crippen molar-refractivity contribution in [2.24, 2.45) is 0 Å². The summed E-state index contributed by atoms with van der Waals surface area (Å²) in [5.41, 5.74) is 0.188. The Morgan fingerprint density at radius 1 is 1.43 bits per heavy atom. The van der Waals surface area contributed by atoms with Crippen molar-refractivity contribution in [3.8, 4) is 0 Å². The highest BCUT2D eigenvalue weighted by Crippen LogP contribution is 2.30. The first-order valence-electron chi connectivity index (χ1n) is 6.82. The van der Waals surface area contributed by atoms with Crippen molar-refractivity contribution >= 4 is 5.97 Å². The van der Waals surface area contributed by atoms with Gasteiger partial charge in [-0.05, 0) is 25.5 Å². The number of carbonyl (C=O) groups is 1. The molecule has 2 aromatic rings. The summed E-state index contributed by atoms with van der Waals surface area (Å²) in [6.07, 6.45) is -3.36. The zero-order valence-corrected chi connectivity index (χ0v) is 12.4. The summed E-state index contributed by atoms with van der Waals surface area (Å²) in [7, 11) is 0. The fourth-order valence-electron chi connectivity index (χ4n) is 2.12. The van der Waals surface area contributed by atoms with Crippen LogP contribution < -0.4 is 0 Å². The summed E-state index contributed by atoms with van der Waals surface area (Å²) < 4.78 is 42.3. The quantitative estimate of drug-likeness (QED) is 0.846. The van der Waals surface area contributed by atoms with E-state index in [-0.39, 0.29) is 17.9 Å². The first-order valence-corrected chi connectivity index (χ1v) is 6.82. The SMILES string of the molecule is CCOC(=O)c1[nH]cc(C(O)c2ccc(C(F)(F)F)nc2)c1C. The van der Waals surface area contributed by atoms with Gasteiger partial charge in [0.25, 0.3) is 0 Å². The molecule has 0 aliphatic rings. The van der Waals surface area contributed by atoms with Gasteiger partial charge in [0, 0.05) is 23.5 Å². The molecule has 0 aliphatic carbocycles. The molecular formula is C15H15F3N2O3. The number of H-pyrrole nitrogens is 1. The molecule has 8 heteroatoms. The lowest BCUT2D eigenvalue weighted by atomic mass is 10.0. The number of ether oxygens (including phenoxy) is 1. The predicted octanol–water partition coefficient (Wildman–Crippen LogP) is 3.00. The molecule has 1 atom stereocenters. The van der Waals surface area contributed by atoms with Crippen LogP contribution in [0.5, 0.6) is 0 Å². The number of rotatable bonds is 4. The van der Waals surface area contributed by atoms with E-state index in [1.807, 2.05) is 0 Å². The van der Waals surface area contributed by atoms with Crippen LogP contribution in [-0.2, 0) is 10.9 Å². The molecule has 0 aromatic carbocycles. The lowest BCUT2D eigenvalue weighted by Crippen LogP contribution is -2.09. The fraction of sp³-hybridized carbons (Fsp3) is 0.333. The number of esters is 1. The van der Waals surface area contributed by atoms with Crippen molar-refractivity contribution < 1.29 is 27.8 Å². The molecule has 0 spiro atoms. The van der Waals surface area contributed by atoms with E-state index in [2.05, 4.69) is 9.97 Å². The molecule has 23 heavy (non-hydrogen) atoms. The van der Waals surface area contributed by atoms with Gasteiger partial charge in [0.15, 0.2) is 0 Å². The van der Waals surface area contributed by atoms with Crippen LogP contribution in [0.4, 0.5) is 13.2 Å². The second-order valence-electron chi connectivity index (χ2n) is 4.84. The monoisotopic (exact) mass is 328 g/mol. The Kier molecular flexibility index (Phi) is 4.74. The Bertz CT molecular complexity index is 693. The highest BCUT2D eigenvalue weighted by atomic mass is 19.4. The minimum atomic E-state index is -4.54. The number of aliphatic hydroxyl groups excluding tert-OH is 1. The predicted molar refractivity (Wildman–Crippen MR) is 74.8 cm³/mol. The van der Waals surface area contributed by atoms with E-state index in [1.54, 1.807) is 13.8 Å². The number of pyridine rings is 1. The molecule has 0 saturated heterocycles. The molecule has 0 aliphatic heterocycles. The maximum Gasteiger partial charge on any atom is 0.433 e. The van der Waals surface area contributed by atoms with Crippen molar-refractivity contribution in [2.45, 2.75) is 26.1 Å². The summed E-state index contributed by atoms with van der Waals surface area (Å²) in [6.45, 7) is 3.48. The number of nitrogens with one attached hydrogen (secondary N) is 1. The zero-order valence-electron chi connectivity index (χ0n) is 12.4. The van der Waals surface area contributed by atoms with Crippen LogP contribution in [0.25, 0.3) is 0 Å². The third kappa shape index (κ3) is 3.53. The molecule has 0 amide bonds. The third-order valence-corrected chi connectivity index (χ3v) is 3.35. The average Bonchev–Trinajstić information content (AvgIpc) is 2.88. The Morgan fingerprint density at radius 2 is 2.13 bits per heavy atom. The van der Waals surface area contributed by atoms with Gasteiger partial charge in [-0.25, -0.2) is 4.79 Å². The summed E-state index contributed by atoms with van der Waals surface area (Å²) in [4.78, 5) is 17.7. The minimum Gasteiger partial charge on any atom is -0.461 e. The van der Waals surface area contributed by atoms with Crippen molar-refractivity contribution in [1.29, 1.82) is 0 Å². The number of nitrogens with zero attached hydrogens (tertiary/aromatic N) is 1. The molecule has 2 N–H and O–H groups in total. The number of hydrogen-bond donors (Lipinski definition) is 2. The standard InChI is InChI=1S/C15H15F3N2O3/c1-3-23-14(22)12-8(2)10(7-20-12)13(21)9-4-5-11(19-6-9)15(16,17)18/h4-7,13,20-21H,3H2,1-2H3. The number of hydrogen-bond acceptors (Lipinski definition) is 4. The fourth-order valence-corrected chi connectivity index (χ4v) is 2.12. The van der Waals surface area contributed by atoms with Crippen molar-refractivity contribution in [1.82, 2.24) is 9.97 Å². The zero-order chi connectivity index (χ0) is 17.2. The van der Waals surface area contributed by atoms with E-state index in [0.29, 0.717) is 11.1 Å². The van der Waals surface area contributed by atoms with Crippen LogP contribution in [-0.4, -0.2) is 27.7 Å². The van der Waals surface area contributed by atoms with E-state index >= 15 is 0 Å². The molecule has 0 bridgehead atoms. The maximum atomic E-state index is 12.5. The summed E-state index contributed by atoms with van der Waals surface area (Å²) in [6, 6.07) is 1.95. The minimum absolute atomic E-state index is 0.190. The highest BCUT2D eigenvalue weighted by molar-refractivity contribution is 5.89. The summed E-state index contributed by atoms with van der Waals surface area (Å²) in [5, 5.41) is 10.3. The van der Waals surface area contributed by atoms with E-state index in [0.717, 1.165) is 18.3 Å². The maximum absolute atomic E-state index is 12.5. The van der Waals surface area contributed by atoms with Gasteiger partial charge in [0.05, 0.1) is 6.61 Å². The molecule has 124 valence electrons. The normalized spacial score (nSPS) is 13.0. The largest absolute Gasteiger partial charge is 0.461 e. The van der Waals surface area contributed by atoms with Crippen LogP contribution in [0.1, 0.15) is 45.9 Å². The summed E-state index contributed by atoms with van der Waals surface area (Å²) >= 11 is 0. The molecule has 1 unspecified atom stereocenters. The molecule has 0 saturated carbocycles. The van der Waals surface area contributed by atoms with Crippen LogP contribution in [0.2, 0.25) is 0 Å². The van der Waals surface area contributed by atoms with Gasteiger partial charge in [-0.2, -0.15) is 13.2 Å². The Hall–Kier alpha value is -2.35. The number of aliphatic hydroxyl groups is 1. The molecule has 2 heterocycles. The molecule has 0 fully saturated rings. The van der Waals surface area contributed by atoms with Crippen LogP contribution in [0.15, 0.2) is 24.5 Å². The number of halogens is 3. The van der Waals surface area contributed by atoms with Gasteiger partial charge < -0.3 is 14.8 Å². The Labute approximate surface area is 130 Å². The first-order chi connectivity index (χ1) is 10.8. The Balaban J connectivity index is 2.27. The highest BCUT2D eigenvalue weighted by Gasteiger charge is 2.32. The lowest BCUT2D eigenvalue weighted by Gasteiger charge is -2.12. The van der Waals surface area contributed by atoms with Gasteiger partial charge in [0.1, 0.15) is 17.5 Å². The van der Waals surface area contributed by atoms with Gasteiger partial charge >= 0.3 is 12.1 Å². The van der Waals surface area contributed by atoms with E-state index in [1.165, 1.54) is 6.20 Å². The van der Waals surface area contributed by atoms with E-state index in [9.17, 15) is 23.1 Å².